The molecule has 0 amide bonds. The molecule has 2 heteroatoms. The Morgan fingerprint density at radius 1 is 1.30 bits per heavy atom. The van der Waals surface area contributed by atoms with Gasteiger partial charge in [-0.15, -0.1) is 0 Å². The van der Waals surface area contributed by atoms with E-state index in [1.54, 1.807) is 0 Å². The summed E-state index contributed by atoms with van der Waals surface area (Å²) >= 11 is 3.39. The van der Waals surface area contributed by atoms with Crippen molar-refractivity contribution in [2.45, 2.75) is 6.04 Å². The summed E-state index contributed by atoms with van der Waals surface area (Å²) in [7, 11) is 0. The van der Waals surface area contributed by atoms with Crippen LogP contribution in [0.4, 0.5) is 0 Å². The Morgan fingerprint density at radius 3 is 2.40 bits per heavy atom. The van der Waals surface area contributed by atoms with Crippen LogP contribution in [-0.2, 0) is 0 Å². The van der Waals surface area contributed by atoms with Gasteiger partial charge in [0.2, 0.25) is 0 Å². The summed E-state index contributed by atoms with van der Waals surface area (Å²) < 4.78 is 1.15. The van der Waals surface area contributed by atoms with Crippen LogP contribution < -0.4 is 5.32 Å². The molecule has 1 fully saturated rings. The van der Waals surface area contributed by atoms with E-state index in [4.69, 9.17) is 0 Å². The van der Waals surface area contributed by atoms with E-state index in [9.17, 15) is 0 Å². The average Bonchev–Trinajstić information content (AvgIpc) is 2.71. The Labute approximate surface area is 68.6 Å². The van der Waals surface area contributed by atoms with Crippen LogP contribution in [0.2, 0.25) is 0 Å². The molecule has 0 bridgehead atoms. The number of nitrogens with one attached hydrogen (secondary N) is 1. The van der Waals surface area contributed by atoms with Gasteiger partial charge in [-0.25, -0.2) is 0 Å². The molecule has 1 heterocycles. The predicted molar refractivity (Wildman–Crippen MR) is 44.9 cm³/mol. The van der Waals surface area contributed by atoms with Crippen molar-refractivity contribution >= 4 is 15.9 Å². The summed E-state index contributed by atoms with van der Waals surface area (Å²) in [6.07, 6.45) is 0. The molecule has 1 aliphatic rings. The number of hydrogen-bond donors (Lipinski definition) is 1. The number of rotatable bonds is 1. The van der Waals surface area contributed by atoms with Gasteiger partial charge in [0.15, 0.2) is 0 Å². The minimum Gasteiger partial charge on any atom is -0.307 e. The minimum atomic E-state index is 0.632. The van der Waals surface area contributed by atoms with E-state index in [1.165, 1.54) is 5.56 Å². The highest BCUT2D eigenvalue weighted by Gasteiger charge is 2.21. The molecule has 0 saturated carbocycles. The zero-order chi connectivity index (χ0) is 6.97. The second-order valence-electron chi connectivity index (χ2n) is 2.51. The fourth-order valence-corrected chi connectivity index (χ4v) is 1.25. The van der Waals surface area contributed by atoms with Crippen LogP contribution in [0, 0.1) is 0 Å². The van der Waals surface area contributed by atoms with E-state index in [1.807, 2.05) is 0 Å². The maximum Gasteiger partial charge on any atom is 0.0447 e. The summed E-state index contributed by atoms with van der Waals surface area (Å²) in [4.78, 5) is 0. The Balaban J connectivity index is 2.28. The van der Waals surface area contributed by atoms with Crippen molar-refractivity contribution in [2.75, 3.05) is 6.54 Å². The first-order valence-corrected chi connectivity index (χ1v) is 4.14. The third-order valence-electron chi connectivity index (χ3n) is 1.68. The Morgan fingerprint density at radius 2 is 1.90 bits per heavy atom. The van der Waals surface area contributed by atoms with Crippen molar-refractivity contribution in [1.29, 1.82) is 0 Å². The molecular weight excluding hydrogens is 190 g/mol. The van der Waals surface area contributed by atoms with Crippen LogP contribution in [0.15, 0.2) is 28.7 Å². The molecule has 1 nitrogen and oxygen atoms in total. The van der Waals surface area contributed by atoms with Crippen molar-refractivity contribution in [3.63, 3.8) is 0 Å². The fraction of sp³-hybridized carbons (Fsp3) is 0.250. The third-order valence-corrected chi connectivity index (χ3v) is 2.21. The fourth-order valence-electron chi connectivity index (χ4n) is 0.990. The van der Waals surface area contributed by atoms with Gasteiger partial charge in [0.1, 0.15) is 0 Å². The Kier molecular flexibility index (Phi) is 1.51. The molecule has 0 radical (unpaired) electrons. The van der Waals surface area contributed by atoms with Crippen LogP contribution in [0.5, 0.6) is 0 Å². The van der Waals surface area contributed by atoms with Crippen LogP contribution >= 0.6 is 15.9 Å². The molecule has 0 aromatic heterocycles. The molecule has 1 aromatic rings. The quantitative estimate of drug-likeness (QED) is 0.685. The molecule has 0 aliphatic carbocycles. The first kappa shape index (κ1) is 6.38. The summed E-state index contributed by atoms with van der Waals surface area (Å²) in [6.45, 7) is 1.14. The highest BCUT2D eigenvalue weighted by molar-refractivity contribution is 9.10. The van der Waals surface area contributed by atoms with E-state index in [0.717, 1.165) is 11.0 Å². The van der Waals surface area contributed by atoms with Crippen LogP contribution in [0.25, 0.3) is 0 Å². The maximum atomic E-state index is 3.39. The summed E-state index contributed by atoms with van der Waals surface area (Å²) in [6, 6.07) is 9.09. The molecule has 2 rings (SSSR count). The molecule has 52 valence electrons. The largest absolute Gasteiger partial charge is 0.307 e. The van der Waals surface area contributed by atoms with Crippen molar-refractivity contribution < 1.29 is 0 Å². The Bertz CT molecular complexity index is 226. The molecule has 1 aliphatic heterocycles. The van der Waals surface area contributed by atoms with E-state index < -0.39 is 0 Å². The maximum absolute atomic E-state index is 3.39. The molecule has 1 atom stereocenters. The number of benzene rings is 1. The van der Waals surface area contributed by atoms with Gasteiger partial charge in [-0.05, 0) is 17.7 Å². The van der Waals surface area contributed by atoms with Gasteiger partial charge in [-0.2, -0.15) is 0 Å². The first-order chi connectivity index (χ1) is 4.86. The lowest BCUT2D eigenvalue weighted by atomic mass is 10.2. The molecular formula is C8H8BrN. The summed E-state index contributed by atoms with van der Waals surface area (Å²) in [5.41, 5.74) is 1.39. The second-order valence-corrected chi connectivity index (χ2v) is 3.43. The number of halogens is 1. The molecule has 10 heavy (non-hydrogen) atoms. The standard InChI is InChI=1S/C8H8BrN/c9-7-3-1-6(2-4-7)8-5-10-8/h1-4,8,10H,5H2. The predicted octanol–water partition coefficient (Wildman–Crippen LogP) is 2.09. The average molecular weight is 198 g/mol. The van der Waals surface area contributed by atoms with Gasteiger partial charge >= 0.3 is 0 Å². The van der Waals surface area contributed by atoms with Crippen LogP contribution in [-0.4, -0.2) is 6.54 Å². The Hall–Kier alpha value is -0.340. The van der Waals surface area contributed by atoms with E-state index in [-0.39, 0.29) is 0 Å². The summed E-state index contributed by atoms with van der Waals surface area (Å²) in [5, 5.41) is 3.25. The molecule has 1 aromatic carbocycles. The lowest BCUT2D eigenvalue weighted by Gasteiger charge is -1.94. The van der Waals surface area contributed by atoms with Crippen molar-refractivity contribution in [3.8, 4) is 0 Å². The molecule has 1 N–H and O–H groups in total. The van der Waals surface area contributed by atoms with Crippen molar-refractivity contribution in [3.05, 3.63) is 34.3 Å². The number of hydrogen-bond acceptors (Lipinski definition) is 1. The van der Waals surface area contributed by atoms with Crippen molar-refractivity contribution in [2.24, 2.45) is 0 Å². The van der Waals surface area contributed by atoms with Gasteiger partial charge in [-0.1, -0.05) is 28.1 Å². The second kappa shape index (κ2) is 2.36. The normalized spacial score (nSPS) is 22.7. The molecule has 1 unspecified atom stereocenters. The van der Waals surface area contributed by atoms with Crippen LogP contribution in [0.3, 0.4) is 0 Å². The van der Waals surface area contributed by atoms with E-state index in [2.05, 4.69) is 45.5 Å². The highest BCUT2D eigenvalue weighted by atomic mass is 79.9. The lowest BCUT2D eigenvalue weighted by molar-refractivity contribution is 1.08. The molecule has 1 saturated heterocycles. The lowest BCUT2D eigenvalue weighted by Crippen LogP contribution is -1.81. The van der Waals surface area contributed by atoms with Crippen molar-refractivity contribution in [1.82, 2.24) is 5.32 Å². The van der Waals surface area contributed by atoms with E-state index >= 15 is 0 Å². The van der Waals surface area contributed by atoms with E-state index in [0.29, 0.717) is 6.04 Å². The summed E-state index contributed by atoms with van der Waals surface area (Å²) in [5.74, 6) is 0. The van der Waals surface area contributed by atoms with Gasteiger partial charge in [0.05, 0.1) is 0 Å². The van der Waals surface area contributed by atoms with Gasteiger partial charge in [-0.3, -0.25) is 0 Å². The highest BCUT2D eigenvalue weighted by Crippen LogP contribution is 2.22. The third kappa shape index (κ3) is 1.22. The van der Waals surface area contributed by atoms with Gasteiger partial charge < -0.3 is 5.32 Å². The van der Waals surface area contributed by atoms with Gasteiger partial charge in [0, 0.05) is 17.1 Å². The zero-order valence-corrected chi connectivity index (χ0v) is 7.06. The topological polar surface area (TPSA) is 21.9 Å². The smallest absolute Gasteiger partial charge is 0.0447 e. The minimum absolute atomic E-state index is 0.632. The monoisotopic (exact) mass is 197 g/mol. The van der Waals surface area contributed by atoms with Gasteiger partial charge in [0.25, 0.3) is 0 Å². The molecule has 0 spiro atoms. The van der Waals surface area contributed by atoms with Crippen LogP contribution in [0.1, 0.15) is 11.6 Å². The first-order valence-electron chi connectivity index (χ1n) is 3.35. The zero-order valence-electron chi connectivity index (χ0n) is 5.47. The SMILES string of the molecule is Brc1ccc(C2CN2)cc1.